The Morgan fingerprint density at radius 2 is 1.98 bits per heavy atom. The molecule has 9 nitrogen and oxygen atoms in total. The zero-order valence-electron chi connectivity index (χ0n) is 22.3. The summed E-state index contributed by atoms with van der Waals surface area (Å²) in [5.41, 5.74) is 11.7. The molecule has 0 saturated carbocycles. The van der Waals surface area contributed by atoms with Crippen LogP contribution >= 0.6 is 22.9 Å². The van der Waals surface area contributed by atoms with E-state index in [0.717, 1.165) is 17.4 Å². The van der Waals surface area contributed by atoms with E-state index in [1.54, 1.807) is 19.1 Å². The Morgan fingerprint density at radius 3 is 2.65 bits per heavy atom. The molecular weight excluding hydrogens is 610 g/mol. The van der Waals surface area contributed by atoms with Crippen LogP contribution < -0.4 is 25.8 Å². The predicted molar refractivity (Wildman–Crippen MR) is 156 cm³/mol. The van der Waals surface area contributed by atoms with Crippen molar-refractivity contribution >= 4 is 60.6 Å². The summed E-state index contributed by atoms with van der Waals surface area (Å²) in [6, 6.07) is 6.02. The summed E-state index contributed by atoms with van der Waals surface area (Å²) < 4.78 is 72.8. The summed E-state index contributed by atoms with van der Waals surface area (Å²) in [6.07, 6.45) is 0.502. The van der Waals surface area contributed by atoms with Crippen molar-refractivity contribution in [3.63, 3.8) is 0 Å². The zero-order valence-corrected chi connectivity index (χ0v) is 23.9. The Labute approximate surface area is 250 Å². The van der Waals surface area contributed by atoms with E-state index in [4.69, 9.17) is 32.5 Å². The van der Waals surface area contributed by atoms with Crippen LogP contribution in [0.2, 0.25) is 5.02 Å². The van der Waals surface area contributed by atoms with Gasteiger partial charge in [0.05, 0.1) is 33.8 Å². The number of nitrogens with zero attached hydrogens (tertiary/aromatic N) is 5. The van der Waals surface area contributed by atoms with Gasteiger partial charge in [0, 0.05) is 17.1 Å². The maximum atomic E-state index is 16.7. The van der Waals surface area contributed by atoms with Crippen LogP contribution in [-0.4, -0.2) is 40.8 Å². The molecule has 0 amide bonds. The van der Waals surface area contributed by atoms with E-state index >= 15 is 4.39 Å². The molecular formula is C28H20ClF4N7O2S. The first-order valence-corrected chi connectivity index (χ1v) is 13.9. The number of nitriles is 1. The number of thiophene rings is 1. The highest BCUT2D eigenvalue weighted by Gasteiger charge is 2.41. The second kappa shape index (κ2) is 10.6. The number of halogens is 5. The van der Waals surface area contributed by atoms with Crippen LogP contribution in [0.5, 0.6) is 11.8 Å². The van der Waals surface area contributed by atoms with Gasteiger partial charge in [-0.25, -0.2) is 13.8 Å². The van der Waals surface area contributed by atoms with Crippen LogP contribution in [0.1, 0.15) is 18.1 Å². The molecule has 0 radical (unpaired) electrons. The summed E-state index contributed by atoms with van der Waals surface area (Å²) in [5.74, 6) is -2.05. The molecule has 4 heterocycles. The van der Waals surface area contributed by atoms with E-state index in [2.05, 4.69) is 15.0 Å². The third-order valence-electron chi connectivity index (χ3n) is 7.27. The first-order valence-electron chi connectivity index (χ1n) is 12.7. The molecule has 2 unspecified atom stereocenters. The third kappa shape index (κ3) is 4.47. The van der Waals surface area contributed by atoms with Gasteiger partial charge in [0.1, 0.15) is 34.3 Å². The smallest absolute Gasteiger partial charge is 0.318 e. The fraction of sp³-hybridized carbons (Fsp3) is 0.214. The number of hydrogen-bond donors (Lipinski definition) is 2. The number of nitrogen functional groups attached to an aromatic ring is 2. The Bertz CT molecular complexity index is 1980. The number of fused-ring (bicyclic) bond motifs is 1. The third-order valence-corrected chi connectivity index (χ3v) is 8.66. The normalized spacial score (nSPS) is 16.4. The molecule has 0 bridgehead atoms. The van der Waals surface area contributed by atoms with Crippen LogP contribution in [-0.2, 0) is 6.42 Å². The van der Waals surface area contributed by atoms with E-state index in [1.807, 2.05) is 6.07 Å². The molecule has 5 aromatic rings. The van der Waals surface area contributed by atoms with Gasteiger partial charge in [0.25, 0.3) is 0 Å². The Balaban J connectivity index is 1.68. The molecule has 15 heteroatoms. The van der Waals surface area contributed by atoms with E-state index in [9.17, 15) is 18.4 Å². The van der Waals surface area contributed by atoms with Crippen LogP contribution in [0.25, 0.3) is 32.1 Å². The van der Waals surface area contributed by atoms with Gasteiger partial charge in [0.2, 0.25) is 0 Å². The number of rotatable bonds is 5. The minimum Gasteiger partial charge on any atom is -0.486 e. The predicted octanol–water partition coefficient (Wildman–Crippen LogP) is 6.30. The lowest BCUT2D eigenvalue weighted by molar-refractivity contribution is 0.100. The van der Waals surface area contributed by atoms with Gasteiger partial charge in [-0.1, -0.05) is 17.7 Å². The molecule has 1 aliphatic heterocycles. The average Bonchev–Trinajstić information content (AvgIpc) is 3.26. The van der Waals surface area contributed by atoms with Crippen molar-refractivity contribution in [3.05, 3.63) is 58.2 Å². The number of methoxy groups -OCH3 is 1. The molecule has 43 heavy (non-hydrogen) atoms. The number of aromatic nitrogens is 3. The second-order valence-electron chi connectivity index (χ2n) is 9.71. The average molecular weight is 630 g/mol. The molecule has 0 spiro atoms. The Hall–Kier alpha value is -4.61. The number of pyridine rings is 1. The van der Waals surface area contributed by atoms with E-state index in [1.165, 1.54) is 19.4 Å². The van der Waals surface area contributed by atoms with Crippen LogP contribution in [0, 0.1) is 23.0 Å². The van der Waals surface area contributed by atoms with Crippen molar-refractivity contribution < 1.29 is 27.0 Å². The van der Waals surface area contributed by atoms with Crippen LogP contribution in [0.3, 0.4) is 0 Å². The maximum Gasteiger partial charge on any atom is 0.318 e. The molecule has 1 aliphatic rings. The molecule has 220 valence electrons. The number of hydrogen-bond acceptors (Lipinski definition) is 10. The van der Waals surface area contributed by atoms with E-state index in [-0.39, 0.29) is 66.0 Å². The lowest BCUT2D eigenvalue weighted by Crippen LogP contribution is -2.48. The van der Waals surface area contributed by atoms with E-state index in [0.29, 0.717) is 10.5 Å². The Kier molecular flexibility index (Phi) is 7.02. The molecule has 0 saturated heterocycles. The van der Waals surface area contributed by atoms with Gasteiger partial charge < -0.3 is 20.9 Å². The molecule has 4 N–H and O–H groups in total. The van der Waals surface area contributed by atoms with Crippen molar-refractivity contribution in [1.29, 1.82) is 5.26 Å². The van der Waals surface area contributed by atoms with Gasteiger partial charge in [-0.05, 0) is 42.7 Å². The van der Waals surface area contributed by atoms with Gasteiger partial charge >= 0.3 is 12.6 Å². The molecule has 0 fully saturated rings. The number of nitrogens with two attached hydrogens (primary N) is 2. The van der Waals surface area contributed by atoms with Crippen LogP contribution in [0.15, 0.2) is 30.5 Å². The second-order valence-corrected chi connectivity index (χ2v) is 11.1. The fourth-order valence-corrected chi connectivity index (χ4v) is 6.65. The standard InChI is InChI=1S/C28H20ClF4N7O2S/c1-10-15(7-11-5-6-37-16(35)8-11)40(27(32)33)26-19-22(38-28(39-26)41-2)21(31)18(20(29)23(19)42-10)12-3-4-14(30)24-17(12)13(9-34)25(36)43-24/h3-6,8,10,15,27H,7,36H2,1-2H3,(H2,35,37). The van der Waals surface area contributed by atoms with Crippen molar-refractivity contribution in [2.75, 3.05) is 23.5 Å². The molecule has 2 aromatic carbocycles. The molecule has 0 aliphatic carbocycles. The van der Waals surface area contributed by atoms with Gasteiger partial charge in [0.15, 0.2) is 17.4 Å². The summed E-state index contributed by atoms with van der Waals surface area (Å²) in [7, 11) is 1.21. The molecule has 6 rings (SSSR count). The van der Waals surface area contributed by atoms with Crippen molar-refractivity contribution in [1.82, 2.24) is 15.0 Å². The van der Waals surface area contributed by atoms with Gasteiger partial charge in [-0.15, -0.1) is 11.3 Å². The van der Waals surface area contributed by atoms with Crippen molar-refractivity contribution in [2.45, 2.75) is 32.0 Å². The summed E-state index contributed by atoms with van der Waals surface area (Å²) in [6.45, 7) is -1.55. The summed E-state index contributed by atoms with van der Waals surface area (Å²) in [4.78, 5) is 13.0. The molecule has 3 aromatic heterocycles. The van der Waals surface area contributed by atoms with E-state index < -0.39 is 41.9 Å². The summed E-state index contributed by atoms with van der Waals surface area (Å²) >= 11 is 7.68. The fourth-order valence-electron chi connectivity index (χ4n) is 5.38. The quantitative estimate of drug-likeness (QED) is 0.169. The number of benzene rings is 2. The monoisotopic (exact) mass is 629 g/mol. The number of anilines is 3. The first-order chi connectivity index (χ1) is 20.5. The minimum atomic E-state index is -3.12. The topological polar surface area (TPSA) is 136 Å². The maximum absolute atomic E-state index is 16.7. The number of ether oxygens (including phenoxy) is 2. The van der Waals surface area contributed by atoms with Gasteiger partial charge in [-0.2, -0.15) is 24.0 Å². The first kappa shape index (κ1) is 28.5. The largest absolute Gasteiger partial charge is 0.486 e. The van der Waals surface area contributed by atoms with Crippen molar-refractivity contribution in [2.24, 2.45) is 0 Å². The number of alkyl halides is 2. The zero-order chi connectivity index (χ0) is 30.7. The van der Waals surface area contributed by atoms with Crippen molar-refractivity contribution in [3.8, 4) is 29.0 Å². The molecule has 2 atom stereocenters. The highest BCUT2D eigenvalue weighted by atomic mass is 35.5. The highest BCUT2D eigenvalue weighted by molar-refractivity contribution is 7.23. The Morgan fingerprint density at radius 1 is 1.21 bits per heavy atom. The summed E-state index contributed by atoms with van der Waals surface area (Å²) in [5, 5.41) is 9.35. The lowest BCUT2D eigenvalue weighted by atomic mass is 9.96. The lowest BCUT2D eigenvalue weighted by Gasteiger charge is -2.33. The van der Waals surface area contributed by atoms with Gasteiger partial charge in [-0.3, -0.25) is 4.90 Å². The minimum absolute atomic E-state index is 0.0174. The SMILES string of the molecule is COc1nc2c3c(c(Cl)c(-c4ccc(F)c5sc(N)c(C#N)c45)c(F)c3n1)OC(C)C(Cc1ccnc(N)c1)N2C(F)F. The highest BCUT2D eigenvalue weighted by Crippen LogP contribution is 2.52. The van der Waals surface area contributed by atoms with Crippen LogP contribution in [0.4, 0.5) is 34.2 Å².